The Bertz CT molecular complexity index is 281. The van der Waals surface area contributed by atoms with Crippen LogP contribution in [0, 0.1) is 28.6 Å². The molecule has 2 rings (SSSR count). The van der Waals surface area contributed by atoms with Crippen LogP contribution in [0.25, 0.3) is 0 Å². The van der Waals surface area contributed by atoms with Crippen molar-refractivity contribution >= 4 is 0 Å². The zero-order valence-electron chi connectivity index (χ0n) is 12.6. The molecule has 2 fully saturated rings. The lowest BCUT2D eigenvalue weighted by Crippen LogP contribution is -2.30. The SMILES string of the molecule is CC1CCC2(C(C)C1)C(CNC(C)C)C2(C)C. The van der Waals surface area contributed by atoms with Crippen molar-refractivity contribution in [3.63, 3.8) is 0 Å². The van der Waals surface area contributed by atoms with Crippen molar-refractivity contribution < 1.29 is 0 Å². The molecule has 1 N–H and O–H groups in total. The maximum absolute atomic E-state index is 3.67. The van der Waals surface area contributed by atoms with Gasteiger partial charge >= 0.3 is 0 Å². The molecule has 0 aromatic rings. The maximum atomic E-state index is 3.67. The predicted octanol–water partition coefficient (Wildman–Crippen LogP) is 4.08. The average molecular weight is 237 g/mol. The Balaban J connectivity index is 2.05. The fourth-order valence-corrected chi connectivity index (χ4v) is 4.93. The quantitative estimate of drug-likeness (QED) is 0.780. The summed E-state index contributed by atoms with van der Waals surface area (Å²) in [6.45, 7) is 15.7. The third-order valence-electron chi connectivity index (χ3n) is 6.03. The topological polar surface area (TPSA) is 12.0 Å². The molecule has 1 spiro atoms. The summed E-state index contributed by atoms with van der Waals surface area (Å²) in [5.74, 6) is 2.77. The Labute approximate surface area is 108 Å². The molecule has 4 atom stereocenters. The van der Waals surface area contributed by atoms with Crippen molar-refractivity contribution in [1.29, 1.82) is 0 Å². The minimum absolute atomic E-state index is 0.564. The second kappa shape index (κ2) is 4.26. The highest BCUT2D eigenvalue weighted by Gasteiger charge is 2.72. The van der Waals surface area contributed by atoms with Gasteiger partial charge in [0.2, 0.25) is 0 Å². The first-order valence-electron chi connectivity index (χ1n) is 7.55. The monoisotopic (exact) mass is 237 g/mol. The Kier molecular flexibility index (Phi) is 3.36. The van der Waals surface area contributed by atoms with E-state index in [1.165, 1.54) is 25.8 Å². The van der Waals surface area contributed by atoms with E-state index in [4.69, 9.17) is 0 Å². The van der Waals surface area contributed by atoms with Gasteiger partial charge in [-0.15, -0.1) is 0 Å². The number of hydrogen-bond donors (Lipinski definition) is 1. The number of hydrogen-bond acceptors (Lipinski definition) is 1. The lowest BCUT2D eigenvalue weighted by atomic mass is 9.69. The average Bonchev–Trinajstić information content (AvgIpc) is 2.67. The van der Waals surface area contributed by atoms with Crippen LogP contribution in [-0.4, -0.2) is 12.6 Å². The Hall–Kier alpha value is -0.0400. The number of rotatable bonds is 3. The third-order valence-corrected chi connectivity index (χ3v) is 6.03. The second-order valence-electron chi connectivity index (χ2n) is 7.66. The predicted molar refractivity (Wildman–Crippen MR) is 75.0 cm³/mol. The van der Waals surface area contributed by atoms with Crippen LogP contribution >= 0.6 is 0 Å². The summed E-state index contributed by atoms with van der Waals surface area (Å²) < 4.78 is 0. The first-order valence-corrected chi connectivity index (χ1v) is 7.55. The van der Waals surface area contributed by atoms with E-state index in [0.29, 0.717) is 16.9 Å². The van der Waals surface area contributed by atoms with Crippen LogP contribution in [-0.2, 0) is 0 Å². The first kappa shape index (κ1) is 13.4. The highest BCUT2D eigenvalue weighted by atomic mass is 14.9. The van der Waals surface area contributed by atoms with Gasteiger partial charge in [0.1, 0.15) is 0 Å². The van der Waals surface area contributed by atoms with E-state index in [2.05, 4.69) is 46.9 Å². The van der Waals surface area contributed by atoms with Gasteiger partial charge in [0.15, 0.2) is 0 Å². The molecule has 0 amide bonds. The summed E-state index contributed by atoms with van der Waals surface area (Å²) in [4.78, 5) is 0. The molecule has 4 unspecified atom stereocenters. The van der Waals surface area contributed by atoms with E-state index in [9.17, 15) is 0 Å². The molecule has 2 saturated carbocycles. The van der Waals surface area contributed by atoms with E-state index in [1.807, 2.05) is 0 Å². The molecule has 0 radical (unpaired) electrons. The van der Waals surface area contributed by atoms with Gasteiger partial charge in [-0.2, -0.15) is 0 Å². The van der Waals surface area contributed by atoms with E-state index in [0.717, 1.165) is 17.8 Å². The zero-order chi connectivity index (χ0) is 12.8. The van der Waals surface area contributed by atoms with Gasteiger partial charge in [0, 0.05) is 6.04 Å². The molecule has 0 bridgehead atoms. The molecule has 0 saturated heterocycles. The third kappa shape index (κ3) is 1.95. The minimum atomic E-state index is 0.564. The minimum Gasteiger partial charge on any atom is -0.314 e. The van der Waals surface area contributed by atoms with Gasteiger partial charge in [0.25, 0.3) is 0 Å². The molecule has 1 heteroatoms. The molecule has 0 aliphatic heterocycles. The molecular weight excluding hydrogens is 206 g/mol. The van der Waals surface area contributed by atoms with Gasteiger partial charge in [-0.1, -0.05) is 48.0 Å². The Morgan fingerprint density at radius 3 is 2.41 bits per heavy atom. The van der Waals surface area contributed by atoms with Crippen LogP contribution < -0.4 is 5.32 Å². The van der Waals surface area contributed by atoms with Crippen molar-refractivity contribution in [2.75, 3.05) is 6.54 Å². The Morgan fingerprint density at radius 1 is 1.24 bits per heavy atom. The maximum Gasteiger partial charge on any atom is 0.00105 e. The molecule has 17 heavy (non-hydrogen) atoms. The van der Waals surface area contributed by atoms with Crippen molar-refractivity contribution in [3.8, 4) is 0 Å². The van der Waals surface area contributed by atoms with Gasteiger partial charge in [-0.05, 0) is 48.0 Å². The van der Waals surface area contributed by atoms with Gasteiger partial charge < -0.3 is 5.32 Å². The van der Waals surface area contributed by atoms with E-state index < -0.39 is 0 Å². The van der Waals surface area contributed by atoms with Crippen molar-refractivity contribution in [2.24, 2.45) is 28.6 Å². The fourth-order valence-electron chi connectivity index (χ4n) is 4.93. The van der Waals surface area contributed by atoms with Crippen LogP contribution in [0.3, 0.4) is 0 Å². The largest absolute Gasteiger partial charge is 0.314 e. The smallest absolute Gasteiger partial charge is 0.00105 e. The van der Waals surface area contributed by atoms with Crippen molar-refractivity contribution in [3.05, 3.63) is 0 Å². The van der Waals surface area contributed by atoms with Crippen LogP contribution in [0.2, 0.25) is 0 Å². The molecule has 0 heterocycles. The fraction of sp³-hybridized carbons (Fsp3) is 1.00. The molecule has 100 valence electrons. The van der Waals surface area contributed by atoms with Crippen LogP contribution in [0.4, 0.5) is 0 Å². The van der Waals surface area contributed by atoms with Gasteiger partial charge in [0.05, 0.1) is 0 Å². The van der Waals surface area contributed by atoms with E-state index in [-0.39, 0.29) is 0 Å². The first-order chi connectivity index (χ1) is 7.82. The summed E-state index contributed by atoms with van der Waals surface area (Å²) in [7, 11) is 0. The molecule has 1 nitrogen and oxygen atoms in total. The Morgan fingerprint density at radius 2 is 1.88 bits per heavy atom. The summed E-state index contributed by atoms with van der Waals surface area (Å²) in [6.07, 6.45) is 4.36. The zero-order valence-corrected chi connectivity index (χ0v) is 12.6. The molecule has 0 aromatic carbocycles. The van der Waals surface area contributed by atoms with Crippen LogP contribution in [0.5, 0.6) is 0 Å². The highest BCUT2D eigenvalue weighted by Crippen LogP contribution is 2.76. The van der Waals surface area contributed by atoms with Gasteiger partial charge in [-0.25, -0.2) is 0 Å². The van der Waals surface area contributed by atoms with E-state index >= 15 is 0 Å². The van der Waals surface area contributed by atoms with Gasteiger partial charge in [-0.3, -0.25) is 0 Å². The second-order valence-corrected chi connectivity index (χ2v) is 7.66. The molecule has 0 aromatic heterocycles. The summed E-state index contributed by atoms with van der Waals surface area (Å²) in [6, 6.07) is 0.626. The summed E-state index contributed by atoms with van der Waals surface area (Å²) in [5, 5.41) is 3.67. The molecule has 2 aliphatic rings. The van der Waals surface area contributed by atoms with Crippen molar-refractivity contribution in [1.82, 2.24) is 5.32 Å². The number of nitrogens with one attached hydrogen (secondary N) is 1. The van der Waals surface area contributed by atoms with Crippen LogP contribution in [0.1, 0.15) is 60.8 Å². The standard InChI is InChI=1S/C16H31N/c1-11(2)17-10-14-15(5,6)16(14)8-7-12(3)9-13(16)4/h11-14,17H,7-10H2,1-6H3. The summed E-state index contributed by atoms with van der Waals surface area (Å²) >= 11 is 0. The van der Waals surface area contributed by atoms with Crippen LogP contribution in [0.15, 0.2) is 0 Å². The highest BCUT2D eigenvalue weighted by molar-refractivity contribution is 5.20. The normalized spacial score (nSPS) is 44.3. The molecular formula is C16H31N. The van der Waals surface area contributed by atoms with E-state index in [1.54, 1.807) is 0 Å². The van der Waals surface area contributed by atoms with Crippen molar-refractivity contribution in [2.45, 2.75) is 66.8 Å². The summed E-state index contributed by atoms with van der Waals surface area (Å²) in [5.41, 5.74) is 1.22. The molecule has 2 aliphatic carbocycles. The lowest BCUT2D eigenvalue weighted by molar-refractivity contribution is 0.137. The lowest BCUT2D eigenvalue weighted by Gasteiger charge is -2.36.